The summed E-state index contributed by atoms with van der Waals surface area (Å²) in [5.74, 6) is 0.752. The zero-order valence-electron chi connectivity index (χ0n) is 15.0. The fraction of sp³-hybridized carbons (Fsp3) is 0.348. The van der Waals surface area contributed by atoms with Crippen molar-refractivity contribution in [3.05, 3.63) is 77.4 Å². The van der Waals surface area contributed by atoms with Gasteiger partial charge in [-0.05, 0) is 49.1 Å². The van der Waals surface area contributed by atoms with Gasteiger partial charge in [-0.15, -0.1) is 0 Å². The Morgan fingerprint density at radius 1 is 1.04 bits per heavy atom. The molecule has 1 atom stereocenters. The van der Waals surface area contributed by atoms with Gasteiger partial charge >= 0.3 is 0 Å². The summed E-state index contributed by atoms with van der Waals surface area (Å²) in [6.07, 6.45) is 6.39. The van der Waals surface area contributed by atoms with Crippen molar-refractivity contribution in [2.45, 2.75) is 25.6 Å². The van der Waals surface area contributed by atoms with E-state index in [2.05, 4.69) is 4.90 Å². The zero-order valence-corrected chi connectivity index (χ0v) is 15.0. The van der Waals surface area contributed by atoms with Gasteiger partial charge in [0.2, 0.25) is 0 Å². The minimum absolute atomic E-state index is 0.0266. The van der Waals surface area contributed by atoms with Crippen LogP contribution in [-0.4, -0.2) is 36.4 Å². The van der Waals surface area contributed by atoms with Crippen LogP contribution in [-0.2, 0) is 11.3 Å². The van der Waals surface area contributed by atoms with Gasteiger partial charge in [-0.2, -0.15) is 0 Å². The van der Waals surface area contributed by atoms with E-state index in [1.165, 1.54) is 25.9 Å². The molecule has 3 aliphatic rings. The van der Waals surface area contributed by atoms with Crippen LogP contribution < -0.4 is 0 Å². The molecule has 26 heavy (non-hydrogen) atoms. The predicted molar refractivity (Wildman–Crippen MR) is 104 cm³/mol. The fourth-order valence-corrected chi connectivity index (χ4v) is 3.90. The third kappa shape index (κ3) is 4.12. The largest absolute Gasteiger partial charge is 0.372 e. The van der Waals surface area contributed by atoms with Crippen molar-refractivity contribution < 1.29 is 9.53 Å². The number of ether oxygens (including phenoxy) is 1. The molecular formula is C23H25NO2. The predicted octanol–water partition coefficient (Wildman–Crippen LogP) is 4.19. The Kier molecular flexibility index (Phi) is 5.28. The number of nitrogens with zero attached hydrogens (tertiary/aromatic N) is 1. The molecule has 3 heterocycles. The monoisotopic (exact) mass is 347 g/mol. The first-order valence-corrected chi connectivity index (χ1v) is 9.48. The molecule has 2 aromatic rings. The van der Waals surface area contributed by atoms with E-state index in [0.29, 0.717) is 18.3 Å². The van der Waals surface area contributed by atoms with Gasteiger partial charge in [-0.3, -0.25) is 4.79 Å². The normalized spacial score (nSPS) is 24.8. The Morgan fingerprint density at radius 3 is 2.42 bits per heavy atom. The van der Waals surface area contributed by atoms with Gasteiger partial charge in [0, 0.05) is 12.1 Å². The number of ketones is 1. The van der Waals surface area contributed by atoms with Crippen molar-refractivity contribution in [3.63, 3.8) is 0 Å². The first-order chi connectivity index (χ1) is 12.8. The molecular weight excluding hydrogens is 322 g/mol. The van der Waals surface area contributed by atoms with Crippen molar-refractivity contribution in [1.82, 2.24) is 4.90 Å². The molecule has 0 saturated carbocycles. The van der Waals surface area contributed by atoms with Gasteiger partial charge in [0.1, 0.15) is 0 Å². The summed E-state index contributed by atoms with van der Waals surface area (Å²) < 4.78 is 6.17. The Morgan fingerprint density at radius 2 is 1.77 bits per heavy atom. The number of benzene rings is 2. The van der Waals surface area contributed by atoms with Crippen LogP contribution in [0, 0.1) is 5.92 Å². The van der Waals surface area contributed by atoms with Crippen LogP contribution in [0.4, 0.5) is 0 Å². The average molecular weight is 347 g/mol. The number of hydrogen-bond donors (Lipinski definition) is 0. The molecule has 2 bridgehead atoms. The molecule has 3 heteroatoms. The number of hydrogen-bond acceptors (Lipinski definition) is 3. The van der Waals surface area contributed by atoms with Crippen LogP contribution in [0.2, 0.25) is 0 Å². The second-order valence-corrected chi connectivity index (χ2v) is 7.29. The molecule has 1 unspecified atom stereocenters. The summed E-state index contributed by atoms with van der Waals surface area (Å²) in [5, 5.41) is 0. The summed E-state index contributed by atoms with van der Waals surface area (Å²) in [7, 11) is 0. The topological polar surface area (TPSA) is 29.5 Å². The van der Waals surface area contributed by atoms with Crippen molar-refractivity contribution in [2.75, 3.05) is 19.6 Å². The van der Waals surface area contributed by atoms with E-state index in [-0.39, 0.29) is 5.78 Å². The molecule has 3 nitrogen and oxygen atoms in total. The first kappa shape index (κ1) is 17.2. The molecule has 0 aromatic heterocycles. The molecule has 0 spiro atoms. The maximum Gasteiger partial charge on any atom is 0.185 e. The minimum atomic E-state index is 0.0266. The summed E-state index contributed by atoms with van der Waals surface area (Å²) in [6.45, 7) is 4.17. The molecule has 0 N–H and O–H groups in total. The van der Waals surface area contributed by atoms with Gasteiger partial charge in [0.25, 0.3) is 0 Å². The van der Waals surface area contributed by atoms with Crippen LogP contribution in [0.3, 0.4) is 0 Å². The van der Waals surface area contributed by atoms with E-state index in [9.17, 15) is 4.79 Å². The van der Waals surface area contributed by atoms with Crippen LogP contribution in [0.25, 0.3) is 6.08 Å². The molecule has 3 aliphatic heterocycles. The second-order valence-electron chi connectivity index (χ2n) is 7.29. The quantitative estimate of drug-likeness (QED) is 0.579. The molecule has 5 rings (SSSR count). The van der Waals surface area contributed by atoms with E-state index in [1.807, 2.05) is 60.7 Å². The number of carbonyl (C=O) groups is 1. The number of piperidine rings is 3. The lowest BCUT2D eigenvalue weighted by Gasteiger charge is -2.44. The van der Waals surface area contributed by atoms with Crippen LogP contribution in [0.15, 0.2) is 60.7 Å². The summed E-state index contributed by atoms with van der Waals surface area (Å²) >= 11 is 0. The van der Waals surface area contributed by atoms with E-state index in [0.717, 1.165) is 23.6 Å². The van der Waals surface area contributed by atoms with Gasteiger partial charge in [-0.25, -0.2) is 0 Å². The fourth-order valence-electron chi connectivity index (χ4n) is 3.90. The Hall–Kier alpha value is -2.23. The number of carbonyl (C=O) groups excluding carboxylic acids is 1. The van der Waals surface area contributed by atoms with Crippen molar-refractivity contribution in [3.8, 4) is 0 Å². The molecule has 3 fully saturated rings. The smallest absolute Gasteiger partial charge is 0.185 e. The van der Waals surface area contributed by atoms with Crippen molar-refractivity contribution in [2.24, 2.45) is 5.92 Å². The van der Waals surface area contributed by atoms with E-state index < -0.39 is 0 Å². The lowest BCUT2D eigenvalue weighted by Crippen LogP contribution is -2.51. The lowest BCUT2D eigenvalue weighted by molar-refractivity contribution is -0.0765. The lowest BCUT2D eigenvalue weighted by atomic mass is 9.86. The second kappa shape index (κ2) is 7.98. The highest BCUT2D eigenvalue weighted by Gasteiger charge is 2.34. The maximum absolute atomic E-state index is 12.3. The minimum Gasteiger partial charge on any atom is -0.372 e. The Balaban J connectivity index is 1.32. The highest BCUT2D eigenvalue weighted by molar-refractivity contribution is 6.06. The van der Waals surface area contributed by atoms with Crippen molar-refractivity contribution >= 4 is 11.9 Å². The van der Waals surface area contributed by atoms with Gasteiger partial charge in [0.15, 0.2) is 5.78 Å². The number of rotatable bonds is 6. The van der Waals surface area contributed by atoms with Gasteiger partial charge < -0.3 is 9.64 Å². The number of allylic oxidation sites excluding steroid dienone is 1. The van der Waals surface area contributed by atoms with Crippen LogP contribution in [0.5, 0.6) is 0 Å². The zero-order chi connectivity index (χ0) is 17.8. The summed E-state index contributed by atoms with van der Waals surface area (Å²) in [6, 6.07) is 17.7. The molecule has 134 valence electrons. The number of fused-ring (bicyclic) bond motifs is 3. The molecule has 3 saturated heterocycles. The summed E-state index contributed by atoms with van der Waals surface area (Å²) in [4.78, 5) is 14.8. The third-order valence-corrected chi connectivity index (χ3v) is 5.53. The van der Waals surface area contributed by atoms with Crippen LogP contribution >= 0.6 is 0 Å². The Labute approximate surface area is 155 Å². The third-order valence-electron chi connectivity index (χ3n) is 5.53. The SMILES string of the molecule is O=C(/C=C/c1ccccc1)c1ccc(COC2CN3CCC2CC3)cc1. The van der Waals surface area contributed by atoms with E-state index >= 15 is 0 Å². The standard InChI is InChI=1S/C23H25NO2/c25-22(11-8-18-4-2-1-3-5-18)20-9-6-19(7-10-20)17-26-23-16-24-14-12-21(23)13-15-24/h1-11,21,23H,12-17H2/b11-8+. The van der Waals surface area contributed by atoms with Crippen molar-refractivity contribution in [1.29, 1.82) is 0 Å². The molecule has 2 aromatic carbocycles. The highest BCUT2D eigenvalue weighted by atomic mass is 16.5. The first-order valence-electron chi connectivity index (χ1n) is 9.48. The highest BCUT2D eigenvalue weighted by Crippen LogP contribution is 2.30. The Bertz CT molecular complexity index is 759. The summed E-state index contributed by atoms with van der Waals surface area (Å²) in [5.41, 5.74) is 2.87. The molecule has 0 radical (unpaired) electrons. The van der Waals surface area contributed by atoms with E-state index in [1.54, 1.807) is 6.08 Å². The maximum atomic E-state index is 12.3. The average Bonchev–Trinajstić information content (AvgIpc) is 2.72. The van der Waals surface area contributed by atoms with E-state index in [4.69, 9.17) is 4.74 Å². The van der Waals surface area contributed by atoms with Gasteiger partial charge in [-0.1, -0.05) is 60.7 Å². The van der Waals surface area contributed by atoms with Crippen LogP contribution in [0.1, 0.15) is 34.3 Å². The van der Waals surface area contributed by atoms with Gasteiger partial charge in [0.05, 0.1) is 12.7 Å². The molecule has 0 amide bonds. The molecule has 0 aliphatic carbocycles.